The molecule has 0 unspecified atom stereocenters. The average molecular weight is 531 g/mol. The smallest absolute Gasteiger partial charge is 0.409 e. The number of anilines is 2. The Morgan fingerprint density at radius 3 is 2.56 bits per heavy atom. The monoisotopic (exact) mass is 530 g/mol. The SMILES string of the molecule is CCOC(=O)N(C)C1CCN(c2ccccc2C(=O)Nc2ccc3c(c2)CN(C(=O)Cn2cccn2)C3)CC1. The van der Waals surface area contributed by atoms with Gasteiger partial charge in [0.05, 0.1) is 12.2 Å². The van der Waals surface area contributed by atoms with Crippen molar-refractivity contribution >= 4 is 29.3 Å². The quantitative estimate of drug-likeness (QED) is 0.500. The zero-order chi connectivity index (χ0) is 27.4. The van der Waals surface area contributed by atoms with Crippen LogP contribution in [0.4, 0.5) is 16.2 Å². The molecule has 1 aromatic heterocycles. The number of rotatable bonds is 7. The first kappa shape index (κ1) is 26.3. The summed E-state index contributed by atoms with van der Waals surface area (Å²) in [5.41, 5.74) is 4.29. The molecular weight excluding hydrogens is 496 g/mol. The highest BCUT2D eigenvalue weighted by atomic mass is 16.6. The molecule has 2 aliphatic rings. The van der Waals surface area contributed by atoms with Crippen LogP contribution in [0.5, 0.6) is 0 Å². The molecule has 3 amide bonds. The van der Waals surface area contributed by atoms with Crippen LogP contribution in [0, 0.1) is 0 Å². The zero-order valence-corrected chi connectivity index (χ0v) is 22.4. The molecule has 204 valence electrons. The summed E-state index contributed by atoms with van der Waals surface area (Å²) in [4.78, 5) is 43.9. The predicted octanol–water partition coefficient (Wildman–Crippen LogP) is 3.73. The fourth-order valence-corrected chi connectivity index (χ4v) is 5.29. The summed E-state index contributed by atoms with van der Waals surface area (Å²) < 4.78 is 6.76. The number of piperidine rings is 1. The molecule has 39 heavy (non-hydrogen) atoms. The molecule has 0 atom stereocenters. The number of nitrogens with one attached hydrogen (secondary N) is 1. The Kier molecular flexibility index (Phi) is 7.81. The van der Waals surface area contributed by atoms with Gasteiger partial charge in [0, 0.05) is 63.0 Å². The summed E-state index contributed by atoms with van der Waals surface area (Å²) in [5, 5.41) is 7.17. The van der Waals surface area contributed by atoms with Gasteiger partial charge in [-0.15, -0.1) is 0 Å². The van der Waals surface area contributed by atoms with Crippen molar-refractivity contribution in [3.8, 4) is 0 Å². The number of ether oxygens (including phenoxy) is 1. The van der Waals surface area contributed by atoms with Gasteiger partial charge in [0.1, 0.15) is 6.54 Å². The van der Waals surface area contributed by atoms with Crippen molar-refractivity contribution in [2.24, 2.45) is 0 Å². The van der Waals surface area contributed by atoms with E-state index in [2.05, 4.69) is 15.3 Å². The predicted molar refractivity (Wildman–Crippen MR) is 147 cm³/mol. The second-order valence-corrected chi connectivity index (χ2v) is 9.94. The van der Waals surface area contributed by atoms with Gasteiger partial charge in [0.15, 0.2) is 0 Å². The van der Waals surface area contributed by atoms with Crippen molar-refractivity contribution in [1.29, 1.82) is 0 Å². The first-order chi connectivity index (χ1) is 18.9. The Morgan fingerprint density at radius 2 is 1.82 bits per heavy atom. The lowest BCUT2D eigenvalue weighted by atomic mass is 10.0. The van der Waals surface area contributed by atoms with Gasteiger partial charge in [-0.25, -0.2) is 4.79 Å². The van der Waals surface area contributed by atoms with Crippen LogP contribution in [0.15, 0.2) is 60.9 Å². The van der Waals surface area contributed by atoms with Crippen LogP contribution < -0.4 is 10.2 Å². The Morgan fingerprint density at radius 1 is 1.05 bits per heavy atom. The van der Waals surface area contributed by atoms with E-state index in [0.717, 1.165) is 42.7 Å². The molecule has 0 bridgehead atoms. The van der Waals surface area contributed by atoms with Gasteiger partial charge in [0.25, 0.3) is 5.91 Å². The van der Waals surface area contributed by atoms with E-state index in [1.54, 1.807) is 46.9 Å². The first-order valence-corrected chi connectivity index (χ1v) is 13.3. The van der Waals surface area contributed by atoms with Gasteiger partial charge < -0.3 is 24.8 Å². The molecule has 10 nitrogen and oxygen atoms in total. The number of carbonyl (C=O) groups excluding carboxylic acids is 3. The molecule has 1 N–H and O–H groups in total. The lowest BCUT2D eigenvalue weighted by Gasteiger charge is -2.37. The number of para-hydroxylation sites is 1. The average Bonchev–Trinajstić information content (AvgIpc) is 3.62. The molecule has 1 saturated heterocycles. The van der Waals surface area contributed by atoms with Gasteiger partial charge in [-0.2, -0.15) is 5.10 Å². The number of amides is 3. The van der Waals surface area contributed by atoms with Crippen LogP contribution in [0.2, 0.25) is 0 Å². The van der Waals surface area contributed by atoms with Crippen LogP contribution in [-0.2, 0) is 29.2 Å². The minimum Gasteiger partial charge on any atom is -0.450 e. The van der Waals surface area contributed by atoms with E-state index in [0.29, 0.717) is 30.9 Å². The van der Waals surface area contributed by atoms with Gasteiger partial charge in [0.2, 0.25) is 5.91 Å². The van der Waals surface area contributed by atoms with Crippen LogP contribution in [0.3, 0.4) is 0 Å². The minimum atomic E-state index is -0.296. The second-order valence-electron chi connectivity index (χ2n) is 9.94. The van der Waals surface area contributed by atoms with E-state index < -0.39 is 0 Å². The molecule has 2 aromatic carbocycles. The van der Waals surface area contributed by atoms with E-state index in [1.165, 1.54) is 0 Å². The van der Waals surface area contributed by atoms with E-state index in [9.17, 15) is 14.4 Å². The fraction of sp³-hybridized carbons (Fsp3) is 0.379. The summed E-state index contributed by atoms with van der Waals surface area (Å²) in [6.07, 6.45) is 4.73. The topological polar surface area (TPSA) is 100 Å². The van der Waals surface area contributed by atoms with Gasteiger partial charge in [-0.1, -0.05) is 18.2 Å². The van der Waals surface area contributed by atoms with Crippen LogP contribution in [0.1, 0.15) is 41.3 Å². The molecule has 0 spiro atoms. The lowest BCUT2D eigenvalue weighted by Crippen LogP contribution is -2.46. The Bertz CT molecular complexity index is 1330. The normalized spacial score (nSPS) is 15.1. The summed E-state index contributed by atoms with van der Waals surface area (Å²) >= 11 is 0. The Hall–Kier alpha value is -4.34. The maximum absolute atomic E-state index is 13.4. The largest absolute Gasteiger partial charge is 0.450 e. The Balaban J connectivity index is 1.21. The molecule has 0 saturated carbocycles. The van der Waals surface area contributed by atoms with Crippen molar-refractivity contribution in [2.75, 3.05) is 37.0 Å². The molecule has 2 aliphatic heterocycles. The van der Waals surface area contributed by atoms with Gasteiger partial charge >= 0.3 is 6.09 Å². The lowest BCUT2D eigenvalue weighted by molar-refractivity contribution is -0.132. The standard InChI is InChI=1S/C29H34N6O4/c1-3-39-29(38)32(2)24-11-15-33(16-12-24)26-8-5-4-7-25(26)28(37)31-23-10-9-21-18-34(19-22(21)17-23)27(36)20-35-14-6-13-30-35/h4-10,13-14,17,24H,3,11-12,15-16,18-20H2,1-2H3,(H,31,37). The maximum Gasteiger partial charge on any atom is 0.409 e. The van der Waals surface area contributed by atoms with Crippen molar-refractivity contribution in [2.45, 2.75) is 45.4 Å². The van der Waals surface area contributed by atoms with Crippen LogP contribution in [-0.4, -0.2) is 70.3 Å². The summed E-state index contributed by atoms with van der Waals surface area (Å²) in [7, 11) is 1.78. The van der Waals surface area contributed by atoms with E-state index in [4.69, 9.17) is 4.74 Å². The molecule has 3 aromatic rings. The third kappa shape index (κ3) is 5.89. The second kappa shape index (κ2) is 11.6. The number of hydrogen-bond donors (Lipinski definition) is 1. The summed E-state index contributed by atoms with van der Waals surface area (Å²) in [6, 6.07) is 15.3. The third-order valence-corrected chi connectivity index (χ3v) is 7.45. The van der Waals surface area contributed by atoms with Gasteiger partial charge in [-0.05, 0) is 61.2 Å². The number of hydrogen-bond acceptors (Lipinski definition) is 6. The fourth-order valence-electron chi connectivity index (χ4n) is 5.29. The molecule has 5 rings (SSSR count). The van der Waals surface area contributed by atoms with E-state index >= 15 is 0 Å². The van der Waals surface area contributed by atoms with Crippen LogP contribution >= 0.6 is 0 Å². The Labute approximate surface area is 228 Å². The zero-order valence-electron chi connectivity index (χ0n) is 22.4. The van der Waals surface area contributed by atoms with E-state index in [-0.39, 0.29) is 30.5 Å². The van der Waals surface area contributed by atoms with Crippen molar-refractivity contribution in [3.63, 3.8) is 0 Å². The highest BCUT2D eigenvalue weighted by molar-refractivity contribution is 6.08. The summed E-state index contributed by atoms with van der Waals surface area (Å²) in [5.74, 6) is -0.174. The van der Waals surface area contributed by atoms with E-state index in [1.807, 2.05) is 42.5 Å². The van der Waals surface area contributed by atoms with Crippen LogP contribution in [0.25, 0.3) is 0 Å². The number of fused-ring (bicyclic) bond motifs is 1. The molecular formula is C29H34N6O4. The number of nitrogens with zero attached hydrogens (tertiary/aromatic N) is 5. The molecule has 1 fully saturated rings. The number of carbonyl (C=O) groups is 3. The van der Waals surface area contributed by atoms with Gasteiger partial charge in [-0.3, -0.25) is 14.3 Å². The number of aromatic nitrogens is 2. The maximum atomic E-state index is 13.4. The van der Waals surface area contributed by atoms with Crippen molar-refractivity contribution in [3.05, 3.63) is 77.6 Å². The molecule has 10 heteroatoms. The minimum absolute atomic E-state index is 0.00614. The molecule has 0 aliphatic carbocycles. The first-order valence-electron chi connectivity index (χ1n) is 13.3. The molecule has 0 radical (unpaired) electrons. The highest BCUT2D eigenvalue weighted by Crippen LogP contribution is 2.29. The summed E-state index contributed by atoms with van der Waals surface area (Å²) in [6.45, 7) is 4.90. The number of benzene rings is 2. The molecule has 3 heterocycles. The van der Waals surface area contributed by atoms with Crippen molar-refractivity contribution in [1.82, 2.24) is 19.6 Å². The third-order valence-electron chi connectivity index (χ3n) is 7.45. The van der Waals surface area contributed by atoms with Crippen molar-refractivity contribution < 1.29 is 19.1 Å². The highest BCUT2D eigenvalue weighted by Gasteiger charge is 2.28.